The molecule has 3 fully saturated rings. The molecule has 0 saturated carbocycles. The summed E-state index contributed by atoms with van der Waals surface area (Å²) in [6.45, 7) is 47.5. The second kappa shape index (κ2) is 50.9. The van der Waals surface area contributed by atoms with Crippen molar-refractivity contribution in [2.24, 2.45) is 16.2 Å². The second-order valence-corrected chi connectivity index (χ2v) is 45.7. The minimum absolute atomic E-state index is 0. The summed E-state index contributed by atoms with van der Waals surface area (Å²) in [6, 6.07) is 49.3. The molecule has 0 radical (unpaired) electrons. The highest BCUT2D eigenvalue weighted by molar-refractivity contribution is 7.92. The molecular formula is C109H168ClN7O14S3+2. The average molecular weight is 1930 g/mol. The van der Waals surface area contributed by atoms with Crippen LogP contribution in [-0.4, -0.2) is 261 Å². The van der Waals surface area contributed by atoms with E-state index in [0.29, 0.717) is 115 Å². The summed E-state index contributed by atoms with van der Waals surface area (Å²) in [6.07, 6.45) is 9.99. The summed E-state index contributed by atoms with van der Waals surface area (Å²) in [5.41, 5.74) is 7.88. The van der Waals surface area contributed by atoms with Crippen LogP contribution in [0.1, 0.15) is 247 Å². The number of aliphatic hydroxyl groups is 3. The molecule has 7 aromatic rings. The van der Waals surface area contributed by atoms with Gasteiger partial charge in [0.1, 0.15) is 56.7 Å². The summed E-state index contributed by atoms with van der Waals surface area (Å²) >= 11 is 0. The van der Waals surface area contributed by atoms with Crippen molar-refractivity contribution in [1.82, 2.24) is 10.2 Å². The van der Waals surface area contributed by atoms with Crippen LogP contribution in [0.5, 0.6) is 17.2 Å². The van der Waals surface area contributed by atoms with E-state index in [4.69, 9.17) is 23.7 Å². The van der Waals surface area contributed by atoms with E-state index in [2.05, 4.69) is 111 Å². The lowest BCUT2D eigenvalue weighted by atomic mass is 9.68. The fraction of sp³-hybridized carbons (Fsp3) is 0.615. The number of hydrogen-bond acceptors (Lipinski definition) is 18. The number of ether oxygens (including phenoxy) is 5. The third kappa shape index (κ3) is 27.7. The zero-order valence-corrected chi connectivity index (χ0v) is 87.7. The van der Waals surface area contributed by atoms with Crippen molar-refractivity contribution in [3.05, 3.63) is 202 Å². The number of hydrogen-bond donors (Lipinski definition) is 4. The number of nitrogens with zero attached hydrogens (tertiary/aromatic N) is 6. The minimum Gasteiger partial charge on any atom is -1.00 e. The van der Waals surface area contributed by atoms with E-state index in [9.17, 15) is 40.6 Å². The van der Waals surface area contributed by atoms with Crippen LogP contribution in [0.3, 0.4) is 0 Å². The van der Waals surface area contributed by atoms with Gasteiger partial charge in [-0.05, 0) is 204 Å². The molecule has 746 valence electrons. The molecular weight excluding hydrogens is 1760 g/mol. The van der Waals surface area contributed by atoms with Gasteiger partial charge < -0.3 is 80.0 Å². The highest BCUT2D eigenvalue weighted by Crippen LogP contribution is 2.54. The Morgan fingerprint density at radius 3 is 1.26 bits per heavy atom. The molecule has 6 aliphatic rings. The fourth-order valence-electron chi connectivity index (χ4n) is 21.6. The summed E-state index contributed by atoms with van der Waals surface area (Å²) in [5, 5.41) is 40.0. The second-order valence-electron chi connectivity index (χ2n) is 39.9. The molecule has 2 bridgehead atoms. The standard InChI is InChI=1S/C38H63N2O6S.C37H50N3O4S.C34H55N2O4S.ClH/c1-8-13-21-38(22-14-9-2)30-47(42,43)35-20-17-32(39(6)7)29-34(35)36(37(38)41)31-15-18-33(19-16-31)46-28-27-45-26-25-44-24-23-40(10-3,11-4)12-5;1-4-5-16-37(2)27-45(42,43)34-15-10-30(24-38-3)23-33(34)35(36(37)41)31-11-13-32(14-12-31)44-26-29-8-6-28(7-9-29)25-40-20-17-39(18-21-40)19-22-40;1-8-13-20-34(21-14-9-2)26-41(38,39)31-19-18-28(35(6)7)25-30(31)32(33(34)37)27-16-15-17-29(24-27)40-23-22-36(10-3,11-4)12-5;/h15-20,29,36-37,41H,8-14,21-28,30H2,1-7H3;6-15,23,35-36,38,41H,4-5,16-22,24-27H2,1-3H3;15-19,24-25,32-33,37H,8-14,20-23,26H2,1-7H3;1H/q3*+1;/p-1/t36-,37-;35-,36-,37?;32-,33-;/m111./s1. The molecule has 7 aromatic carbocycles. The van der Waals surface area contributed by atoms with Crippen molar-refractivity contribution in [2.75, 3.05) is 194 Å². The largest absolute Gasteiger partial charge is 1.00 e. The van der Waals surface area contributed by atoms with E-state index < -0.39 is 81.8 Å². The van der Waals surface area contributed by atoms with E-state index in [1.54, 1.807) is 18.2 Å². The van der Waals surface area contributed by atoms with Gasteiger partial charge in [0, 0.05) is 105 Å². The maximum absolute atomic E-state index is 14.1. The number of unbranched alkanes of at least 4 members (excludes halogenated alkanes) is 5. The Kier molecular flexibility index (Phi) is 42.1. The SMILES string of the molecule is CCCCC1(C)CS(=O)(=O)c2ccc(CNC)cc2[C@@H](c2ccc(OCc3ccc(C[N+]45CCN(CC4)CC5)cc3)cc2)[C@H]1O.CCCCC1(CCCC)CS(=O)(=O)c2ccc(N(C)C)cc2[C@@H](c2ccc(OCCOCCOCC[N+](CC)(CC)CC)cc2)[C@H]1O.CCCCC1(CCCC)CS(=O)(=O)c2ccc(N(C)C)cc2[C@@H](c2cccc(OCC[N+](CC)(CC)CC)c2)[C@H]1O.[Cl-]. The number of halogens is 1. The molecule has 13 rings (SSSR count). The normalized spacial score (nSPS) is 22.3. The monoisotopic (exact) mass is 1930 g/mol. The number of benzene rings is 7. The number of piperazine rings is 3. The molecule has 25 heteroatoms. The molecule has 0 amide bonds. The van der Waals surface area contributed by atoms with Crippen LogP contribution in [-0.2, 0) is 58.7 Å². The Labute approximate surface area is 814 Å². The van der Waals surface area contributed by atoms with Gasteiger partial charge >= 0.3 is 0 Å². The van der Waals surface area contributed by atoms with Crippen molar-refractivity contribution in [1.29, 1.82) is 0 Å². The Balaban J connectivity index is 0.000000225. The van der Waals surface area contributed by atoms with Crippen LogP contribution < -0.4 is 41.7 Å². The molecule has 4 N–H and O–H groups in total. The van der Waals surface area contributed by atoms with Gasteiger partial charge in [-0.3, -0.25) is 4.90 Å². The predicted octanol–water partition coefficient (Wildman–Crippen LogP) is 15.5. The minimum atomic E-state index is -3.63. The fourth-order valence-corrected chi connectivity index (χ4v) is 28.1. The lowest BCUT2D eigenvalue weighted by molar-refractivity contribution is -0.953. The van der Waals surface area contributed by atoms with Crippen molar-refractivity contribution < 1.29 is 90.1 Å². The quantitative estimate of drug-likeness (QED) is 0.0205. The third-order valence-corrected chi connectivity index (χ3v) is 36.9. The molecule has 6 heterocycles. The topological polar surface area (TPSA) is 231 Å². The molecule has 7 atom stereocenters. The average Bonchev–Trinajstić information content (AvgIpc) is 1.58. The number of quaternary nitrogens is 3. The highest BCUT2D eigenvalue weighted by atomic mass is 35.5. The number of aliphatic hydroxyl groups excluding tert-OH is 3. The van der Waals surface area contributed by atoms with Crippen molar-refractivity contribution in [2.45, 2.75) is 250 Å². The summed E-state index contributed by atoms with van der Waals surface area (Å²) in [5.74, 6) is 0.688. The van der Waals surface area contributed by atoms with Crippen LogP contribution in [0.2, 0.25) is 0 Å². The Morgan fingerprint density at radius 1 is 0.418 bits per heavy atom. The van der Waals surface area contributed by atoms with Crippen LogP contribution in [0.25, 0.3) is 0 Å². The third-order valence-electron chi connectivity index (χ3n) is 30.8. The molecule has 6 aliphatic heterocycles. The maximum Gasteiger partial charge on any atom is 0.179 e. The molecule has 134 heavy (non-hydrogen) atoms. The van der Waals surface area contributed by atoms with Crippen LogP contribution >= 0.6 is 0 Å². The van der Waals surface area contributed by atoms with E-state index in [-0.39, 0.29) is 29.7 Å². The van der Waals surface area contributed by atoms with Gasteiger partial charge in [0.2, 0.25) is 0 Å². The first-order valence-corrected chi connectivity index (χ1v) is 55.4. The zero-order valence-electron chi connectivity index (χ0n) is 84.5. The number of nitrogens with one attached hydrogen (secondary N) is 1. The first-order chi connectivity index (χ1) is 63.7. The van der Waals surface area contributed by atoms with E-state index in [1.165, 1.54) is 49.3 Å². The summed E-state index contributed by atoms with van der Waals surface area (Å²) < 4.78 is 117. The van der Waals surface area contributed by atoms with Crippen LogP contribution in [0, 0.1) is 16.2 Å². The van der Waals surface area contributed by atoms with Gasteiger partial charge in [-0.1, -0.05) is 179 Å². The number of anilines is 2. The van der Waals surface area contributed by atoms with Gasteiger partial charge in [0.15, 0.2) is 29.5 Å². The van der Waals surface area contributed by atoms with Gasteiger partial charge in [-0.2, -0.15) is 0 Å². The highest BCUT2D eigenvalue weighted by Gasteiger charge is 2.53. The number of likely N-dealkylation sites (N-methyl/N-ethyl adjacent to an activating group) is 2. The Morgan fingerprint density at radius 2 is 0.806 bits per heavy atom. The van der Waals surface area contributed by atoms with E-state index in [1.807, 2.05) is 161 Å². The van der Waals surface area contributed by atoms with Crippen molar-refractivity contribution >= 4 is 40.9 Å². The molecule has 21 nitrogen and oxygen atoms in total. The maximum atomic E-state index is 14.1. The first-order valence-electron chi connectivity index (χ1n) is 50.5. The Hall–Kier alpha value is -6.72. The first kappa shape index (κ1) is 111. The number of sulfone groups is 3. The number of rotatable bonds is 47. The summed E-state index contributed by atoms with van der Waals surface area (Å²) in [4.78, 5) is 7.57. The van der Waals surface area contributed by atoms with E-state index >= 15 is 0 Å². The lowest BCUT2D eigenvalue weighted by Gasteiger charge is -2.50. The van der Waals surface area contributed by atoms with Gasteiger partial charge in [-0.15, -0.1) is 0 Å². The van der Waals surface area contributed by atoms with Gasteiger partial charge in [0.05, 0.1) is 136 Å². The van der Waals surface area contributed by atoms with Crippen LogP contribution in [0.15, 0.2) is 166 Å². The van der Waals surface area contributed by atoms with Gasteiger partial charge in [0.25, 0.3) is 0 Å². The number of fused-ring (bicyclic) bond motifs is 6. The summed E-state index contributed by atoms with van der Waals surface area (Å²) in [7, 11) is -1.16. The molecule has 1 unspecified atom stereocenters. The smallest absolute Gasteiger partial charge is 0.179 e. The zero-order chi connectivity index (χ0) is 96.4. The van der Waals surface area contributed by atoms with Crippen molar-refractivity contribution in [3.63, 3.8) is 0 Å². The molecule has 3 saturated heterocycles. The molecule has 0 aromatic heterocycles. The molecule has 0 spiro atoms. The Bertz CT molecular complexity index is 5060. The van der Waals surface area contributed by atoms with Crippen molar-refractivity contribution in [3.8, 4) is 17.2 Å². The van der Waals surface area contributed by atoms with Gasteiger partial charge in [-0.25, -0.2) is 25.3 Å². The lowest BCUT2D eigenvalue weighted by Crippen LogP contribution is -3.00. The predicted molar refractivity (Wildman–Crippen MR) is 542 cm³/mol. The van der Waals surface area contributed by atoms with E-state index in [0.717, 1.165) is 189 Å². The van der Waals surface area contributed by atoms with Crippen LogP contribution in [0.4, 0.5) is 11.4 Å². The molecule has 0 aliphatic carbocycles.